The lowest BCUT2D eigenvalue weighted by Gasteiger charge is -2.29. The number of nitrogens with zero attached hydrogens (tertiary/aromatic N) is 1. The number of carboxylic acid groups (broad SMARTS) is 1. The molecule has 0 saturated carbocycles. The van der Waals surface area contributed by atoms with Crippen LogP contribution in [0.4, 0.5) is 0 Å². The van der Waals surface area contributed by atoms with Gasteiger partial charge in [0.15, 0.2) is 0 Å². The predicted molar refractivity (Wildman–Crippen MR) is 41.9 cm³/mol. The summed E-state index contributed by atoms with van der Waals surface area (Å²) in [4.78, 5) is 10.2. The molecule has 0 aromatic rings. The van der Waals surface area contributed by atoms with Gasteiger partial charge in [-0.25, -0.2) is 0 Å². The van der Waals surface area contributed by atoms with Crippen molar-refractivity contribution >= 4 is 5.97 Å². The number of hydrogen-bond acceptors (Lipinski definition) is 4. The second-order valence-corrected chi connectivity index (χ2v) is 3.89. The van der Waals surface area contributed by atoms with Gasteiger partial charge in [0.1, 0.15) is 12.6 Å². The molecule has 0 amide bonds. The van der Waals surface area contributed by atoms with Crippen molar-refractivity contribution in [2.45, 2.75) is 12.1 Å². The van der Waals surface area contributed by atoms with Crippen molar-refractivity contribution in [1.82, 2.24) is 0 Å². The molecular formula is C7H16N2O3. The number of aliphatic carboxylic acids is 1. The number of aliphatic hydroxyl groups is 1. The number of carboxylic acids is 1. The highest BCUT2D eigenvalue weighted by Crippen LogP contribution is 1.97. The Bertz CT molecular complexity index is 165. The zero-order valence-electron chi connectivity index (χ0n) is 7.65. The molecule has 0 rings (SSSR count). The topological polar surface area (TPSA) is 86.4 Å². The Balaban J connectivity index is 4.04. The molecule has 0 spiro atoms. The number of hydrogen-bond donors (Lipinski definition) is 2. The first-order valence-corrected chi connectivity index (χ1v) is 3.69. The molecule has 0 radical (unpaired) electrons. The zero-order chi connectivity index (χ0) is 9.94. The molecule has 0 aliphatic heterocycles. The van der Waals surface area contributed by atoms with Gasteiger partial charge in [-0.2, -0.15) is 0 Å². The van der Waals surface area contributed by atoms with Crippen molar-refractivity contribution in [1.29, 1.82) is 0 Å². The molecule has 0 aliphatic rings. The SMILES string of the molecule is C[N+](C)(C)C[C@@H](O)C(N)C(=O)[O-]. The van der Waals surface area contributed by atoms with Gasteiger partial charge in [-0.15, -0.1) is 0 Å². The van der Waals surface area contributed by atoms with Gasteiger partial charge in [0.05, 0.1) is 33.2 Å². The maximum absolute atomic E-state index is 10.2. The molecule has 2 atom stereocenters. The monoisotopic (exact) mass is 176 g/mol. The largest absolute Gasteiger partial charge is 0.548 e. The van der Waals surface area contributed by atoms with Crippen molar-refractivity contribution < 1.29 is 19.5 Å². The third-order valence-electron chi connectivity index (χ3n) is 1.42. The van der Waals surface area contributed by atoms with E-state index in [2.05, 4.69) is 0 Å². The zero-order valence-corrected chi connectivity index (χ0v) is 7.65. The number of likely N-dealkylation sites (N-methyl/N-ethyl adjacent to an activating group) is 1. The van der Waals surface area contributed by atoms with E-state index in [4.69, 9.17) is 5.73 Å². The Morgan fingerprint density at radius 1 is 1.58 bits per heavy atom. The van der Waals surface area contributed by atoms with Crippen LogP contribution in [-0.2, 0) is 4.79 Å². The summed E-state index contributed by atoms with van der Waals surface area (Å²) in [6.45, 7) is 0.287. The van der Waals surface area contributed by atoms with E-state index < -0.39 is 18.1 Å². The fourth-order valence-electron chi connectivity index (χ4n) is 0.832. The van der Waals surface area contributed by atoms with Gasteiger partial charge in [-0.3, -0.25) is 0 Å². The smallest absolute Gasteiger partial charge is 0.123 e. The molecule has 0 aromatic carbocycles. The highest BCUT2D eigenvalue weighted by molar-refractivity contribution is 5.71. The van der Waals surface area contributed by atoms with Crippen LogP contribution in [0.5, 0.6) is 0 Å². The number of rotatable bonds is 4. The van der Waals surface area contributed by atoms with Gasteiger partial charge >= 0.3 is 0 Å². The summed E-state index contributed by atoms with van der Waals surface area (Å²) in [5.74, 6) is -1.42. The normalized spacial score (nSPS) is 17.1. The molecule has 72 valence electrons. The summed E-state index contributed by atoms with van der Waals surface area (Å²) >= 11 is 0. The van der Waals surface area contributed by atoms with Gasteiger partial charge < -0.3 is 25.2 Å². The van der Waals surface area contributed by atoms with E-state index in [1.54, 1.807) is 0 Å². The highest BCUT2D eigenvalue weighted by atomic mass is 16.4. The van der Waals surface area contributed by atoms with Crippen molar-refractivity contribution in [3.05, 3.63) is 0 Å². The minimum atomic E-state index is -1.42. The van der Waals surface area contributed by atoms with E-state index in [9.17, 15) is 15.0 Å². The number of quaternary nitrogens is 1. The maximum atomic E-state index is 10.2. The Kier molecular flexibility index (Phi) is 3.63. The van der Waals surface area contributed by atoms with Crippen LogP contribution >= 0.6 is 0 Å². The Morgan fingerprint density at radius 3 is 2.25 bits per heavy atom. The standard InChI is InChI=1S/C7H16N2O3/c1-9(2,3)4-5(10)6(8)7(11)12/h5-6,10H,4,8H2,1-3H3/t5-,6?/m1/s1. The lowest BCUT2D eigenvalue weighted by atomic mass is 10.1. The van der Waals surface area contributed by atoms with Gasteiger partial charge in [-0.1, -0.05) is 0 Å². The van der Waals surface area contributed by atoms with Crippen LogP contribution in [0.25, 0.3) is 0 Å². The average Bonchev–Trinajstić information content (AvgIpc) is 1.82. The molecule has 0 bridgehead atoms. The third kappa shape index (κ3) is 4.27. The van der Waals surface area contributed by atoms with Crippen LogP contribution in [0.15, 0.2) is 0 Å². The Labute approximate surface area is 72.0 Å². The van der Waals surface area contributed by atoms with Gasteiger partial charge in [-0.05, 0) is 0 Å². The van der Waals surface area contributed by atoms with Crippen LogP contribution in [0.1, 0.15) is 0 Å². The Hall–Kier alpha value is -0.650. The summed E-state index contributed by atoms with van der Waals surface area (Å²) in [6.07, 6.45) is -1.06. The first kappa shape index (κ1) is 11.4. The molecule has 0 aromatic heterocycles. The number of aliphatic hydroxyl groups excluding tert-OH is 1. The van der Waals surface area contributed by atoms with Crippen LogP contribution < -0.4 is 10.8 Å². The first-order chi connectivity index (χ1) is 5.24. The molecule has 0 fully saturated rings. The molecule has 12 heavy (non-hydrogen) atoms. The molecule has 1 unspecified atom stereocenters. The average molecular weight is 176 g/mol. The Morgan fingerprint density at radius 2 is 2.00 bits per heavy atom. The highest BCUT2D eigenvalue weighted by Gasteiger charge is 2.22. The van der Waals surface area contributed by atoms with Crippen molar-refractivity contribution in [2.75, 3.05) is 27.7 Å². The quantitative estimate of drug-likeness (QED) is 0.451. The van der Waals surface area contributed by atoms with E-state index in [-0.39, 0.29) is 6.54 Å². The first-order valence-electron chi connectivity index (χ1n) is 3.69. The molecular weight excluding hydrogens is 160 g/mol. The van der Waals surface area contributed by atoms with E-state index in [1.165, 1.54) is 0 Å². The fraction of sp³-hybridized carbons (Fsp3) is 0.857. The fourth-order valence-corrected chi connectivity index (χ4v) is 0.832. The number of carbonyl (C=O) groups is 1. The maximum Gasteiger partial charge on any atom is 0.123 e. The van der Waals surface area contributed by atoms with E-state index >= 15 is 0 Å². The number of carbonyl (C=O) groups excluding carboxylic acids is 1. The van der Waals surface area contributed by atoms with Gasteiger partial charge in [0.25, 0.3) is 0 Å². The summed E-state index contributed by atoms with van der Waals surface area (Å²) in [7, 11) is 5.52. The molecule has 5 nitrogen and oxygen atoms in total. The molecule has 5 heteroatoms. The van der Waals surface area contributed by atoms with Crippen LogP contribution in [0, 0.1) is 0 Å². The van der Waals surface area contributed by atoms with Crippen molar-refractivity contribution in [3.8, 4) is 0 Å². The van der Waals surface area contributed by atoms with Gasteiger partial charge in [0, 0.05) is 0 Å². The predicted octanol–water partition coefficient (Wildman–Crippen LogP) is -2.87. The number of nitrogens with two attached hydrogens (primary N) is 1. The molecule has 0 heterocycles. The summed E-state index contributed by atoms with van der Waals surface area (Å²) < 4.78 is 0.460. The van der Waals surface area contributed by atoms with Crippen LogP contribution in [0.2, 0.25) is 0 Å². The van der Waals surface area contributed by atoms with E-state index in [0.717, 1.165) is 0 Å². The second kappa shape index (κ2) is 3.84. The van der Waals surface area contributed by atoms with Crippen LogP contribution in [0.3, 0.4) is 0 Å². The molecule has 0 aliphatic carbocycles. The van der Waals surface area contributed by atoms with E-state index in [1.807, 2.05) is 21.1 Å². The summed E-state index contributed by atoms with van der Waals surface area (Å²) in [5.41, 5.74) is 5.15. The lowest BCUT2D eigenvalue weighted by Crippen LogP contribution is -2.55. The van der Waals surface area contributed by atoms with Crippen molar-refractivity contribution in [2.24, 2.45) is 5.73 Å². The lowest BCUT2D eigenvalue weighted by molar-refractivity contribution is -0.873. The third-order valence-corrected chi connectivity index (χ3v) is 1.42. The minimum Gasteiger partial charge on any atom is -0.548 e. The van der Waals surface area contributed by atoms with Gasteiger partial charge in [0.2, 0.25) is 0 Å². The second-order valence-electron chi connectivity index (χ2n) is 3.89. The molecule has 0 saturated heterocycles. The minimum absolute atomic E-state index is 0.287. The van der Waals surface area contributed by atoms with Crippen molar-refractivity contribution in [3.63, 3.8) is 0 Å². The summed E-state index contributed by atoms with van der Waals surface area (Å²) in [6, 6.07) is -1.30. The van der Waals surface area contributed by atoms with E-state index in [0.29, 0.717) is 4.48 Å². The molecule has 3 N–H and O–H groups in total. The summed E-state index contributed by atoms with van der Waals surface area (Å²) in [5, 5.41) is 19.5. The van der Waals surface area contributed by atoms with Crippen LogP contribution in [-0.4, -0.2) is 55.4 Å².